The number of hydrogen-bond acceptors (Lipinski definition) is 6. The van der Waals surface area contributed by atoms with E-state index in [9.17, 15) is 14.4 Å². The fourth-order valence-corrected chi connectivity index (χ4v) is 7.14. The highest BCUT2D eigenvalue weighted by molar-refractivity contribution is 5.71. The average Bonchev–Trinajstić information content (AvgIpc) is 3.30. The van der Waals surface area contributed by atoms with E-state index < -0.39 is 6.10 Å². The normalized spacial score (nSPS) is 12.8. The topological polar surface area (TPSA) is 78.9 Å². The van der Waals surface area contributed by atoms with E-state index in [1.54, 1.807) is 0 Å². The Labute approximate surface area is 400 Å². The van der Waals surface area contributed by atoms with Crippen molar-refractivity contribution in [2.45, 2.75) is 245 Å². The smallest absolute Gasteiger partial charge is 0.306 e. The molecule has 1 atom stereocenters. The minimum atomic E-state index is -0.810. The Morgan fingerprint density at radius 1 is 0.323 bits per heavy atom. The van der Waals surface area contributed by atoms with Crippen LogP contribution in [0.2, 0.25) is 0 Å². The van der Waals surface area contributed by atoms with Crippen LogP contribution in [-0.4, -0.2) is 37.2 Å². The fourth-order valence-electron chi connectivity index (χ4n) is 7.14. The minimum absolute atomic E-state index is 0.110. The van der Waals surface area contributed by atoms with Gasteiger partial charge in [0.25, 0.3) is 0 Å². The predicted octanol–water partition coefficient (Wildman–Crippen LogP) is 17.8. The largest absolute Gasteiger partial charge is 0.462 e. The van der Waals surface area contributed by atoms with Gasteiger partial charge in [0.2, 0.25) is 0 Å². The summed E-state index contributed by atoms with van der Waals surface area (Å²) in [4.78, 5) is 38.0. The summed E-state index contributed by atoms with van der Waals surface area (Å²) in [6, 6.07) is 0. The first kappa shape index (κ1) is 61.3. The van der Waals surface area contributed by atoms with Gasteiger partial charge in [-0.05, 0) is 89.9 Å². The molecule has 0 aromatic carbocycles. The molecule has 6 nitrogen and oxygen atoms in total. The van der Waals surface area contributed by atoms with Crippen LogP contribution in [0.25, 0.3) is 0 Å². The maximum Gasteiger partial charge on any atom is 0.306 e. The molecule has 0 aliphatic rings. The van der Waals surface area contributed by atoms with Gasteiger partial charge in [-0.15, -0.1) is 0 Å². The summed E-state index contributed by atoms with van der Waals surface area (Å²) in [5.74, 6) is -0.993. The summed E-state index contributed by atoms with van der Waals surface area (Å²) in [7, 11) is 0. The molecule has 0 heterocycles. The quantitative estimate of drug-likeness (QED) is 0.0262. The van der Waals surface area contributed by atoms with Crippen LogP contribution in [0.1, 0.15) is 239 Å². The van der Waals surface area contributed by atoms with Crippen molar-refractivity contribution >= 4 is 17.9 Å². The average molecular weight is 903 g/mol. The van der Waals surface area contributed by atoms with Gasteiger partial charge in [0, 0.05) is 19.3 Å². The van der Waals surface area contributed by atoms with Crippen molar-refractivity contribution in [3.8, 4) is 0 Å². The van der Waals surface area contributed by atoms with E-state index in [0.29, 0.717) is 19.3 Å². The second-order valence-electron chi connectivity index (χ2n) is 17.4. The molecule has 6 heteroatoms. The molecule has 0 saturated heterocycles. The summed E-state index contributed by atoms with van der Waals surface area (Å²) in [6.45, 7) is 6.33. The summed E-state index contributed by atoms with van der Waals surface area (Å²) in [5.41, 5.74) is 0. The van der Waals surface area contributed by atoms with Crippen LogP contribution in [-0.2, 0) is 28.6 Å². The number of unbranched alkanes of at least 4 members (excludes halogenated alkanes) is 20. The molecule has 0 rings (SSSR count). The maximum absolute atomic E-state index is 12.8. The molecule has 0 amide bonds. The van der Waals surface area contributed by atoms with Gasteiger partial charge in [-0.3, -0.25) is 14.4 Å². The fraction of sp³-hybridized carbons (Fsp3) is 0.678. The summed E-state index contributed by atoms with van der Waals surface area (Å²) < 4.78 is 16.7. The zero-order chi connectivity index (χ0) is 47.2. The number of carbonyl (C=O) groups is 3. The number of carbonyl (C=O) groups excluding carboxylic acids is 3. The van der Waals surface area contributed by atoms with E-state index in [-0.39, 0.29) is 37.5 Å². The van der Waals surface area contributed by atoms with Crippen molar-refractivity contribution in [2.75, 3.05) is 13.2 Å². The van der Waals surface area contributed by atoms with Gasteiger partial charge in [0.15, 0.2) is 6.10 Å². The first-order valence-corrected chi connectivity index (χ1v) is 26.7. The molecule has 0 aromatic heterocycles. The van der Waals surface area contributed by atoms with Gasteiger partial charge in [-0.25, -0.2) is 0 Å². The highest BCUT2D eigenvalue weighted by Crippen LogP contribution is 2.15. The van der Waals surface area contributed by atoms with E-state index >= 15 is 0 Å². The molecule has 0 aliphatic carbocycles. The molecule has 370 valence electrons. The van der Waals surface area contributed by atoms with Gasteiger partial charge in [0.1, 0.15) is 13.2 Å². The van der Waals surface area contributed by atoms with Crippen molar-refractivity contribution < 1.29 is 28.6 Å². The summed E-state index contributed by atoms with van der Waals surface area (Å²) in [5, 5.41) is 0. The lowest BCUT2D eigenvalue weighted by Crippen LogP contribution is -2.30. The first-order valence-electron chi connectivity index (χ1n) is 26.7. The van der Waals surface area contributed by atoms with Crippen molar-refractivity contribution in [3.05, 3.63) is 97.2 Å². The zero-order valence-electron chi connectivity index (χ0n) is 42.2. The van der Waals surface area contributed by atoms with E-state index in [4.69, 9.17) is 14.2 Å². The lowest BCUT2D eigenvalue weighted by Gasteiger charge is -2.18. The summed E-state index contributed by atoms with van der Waals surface area (Å²) >= 11 is 0. The number of allylic oxidation sites excluding steroid dienone is 16. The van der Waals surface area contributed by atoms with Gasteiger partial charge in [-0.1, -0.05) is 227 Å². The number of rotatable bonds is 47. The summed E-state index contributed by atoms with van der Waals surface area (Å²) in [6.07, 6.45) is 69.8. The molecule has 0 aromatic rings. The molecule has 1 unspecified atom stereocenters. The zero-order valence-corrected chi connectivity index (χ0v) is 42.2. The number of ether oxygens (including phenoxy) is 3. The van der Waals surface area contributed by atoms with Crippen LogP contribution >= 0.6 is 0 Å². The van der Waals surface area contributed by atoms with Crippen LogP contribution in [0, 0.1) is 0 Å². The Hall–Kier alpha value is -3.67. The second kappa shape index (κ2) is 52.9. The third-order valence-corrected chi connectivity index (χ3v) is 11.1. The Kier molecular flexibility index (Phi) is 50.0. The van der Waals surface area contributed by atoms with Crippen molar-refractivity contribution in [3.63, 3.8) is 0 Å². The lowest BCUT2D eigenvalue weighted by atomic mass is 10.0. The van der Waals surface area contributed by atoms with Crippen molar-refractivity contribution in [1.82, 2.24) is 0 Å². The Morgan fingerprint density at radius 3 is 1.00 bits per heavy atom. The van der Waals surface area contributed by atoms with Crippen LogP contribution in [0.5, 0.6) is 0 Å². The van der Waals surface area contributed by atoms with Gasteiger partial charge in [0.05, 0.1) is 0 Å². The second-order valence-corrected chi connectivity index (χ2v) is 17.4. The van der Waals surface area contributed by atoms with Crippen LogP contribution in [0.4, 0.5) is 0 Å². The van der Waals surface area contributed by atoms with Crippen LogP contribution in [0.15, 0.2) is 97.2 Å². The van der Waals surface area contributed by atoms with E-state index in [1.807, 2.05) is 0 Å². The predicted molar refractivity (Wildman–Crippen MR) is 279 cm³/mol. The highest BCUT2D eigenvalue weighted by Gasteiger charge is 2.19. The van der Waals surface area contributed by atoms with Gasteiger partial charge >= 0.3 is 17.9 Å². The van der Waals surface area contributed by atoms with E-state index in [2.05, 4.69) is 118 Å². The molecular weight excluding hydrogens is 805 g/mol. The molecule has 0 aliphatic heterocycles. The number of hydrogen-bond donors (Lipinski definition) is 0. The molecule has 0 radical (unpaired) electrons. The van der Waals surface area contributed by atoms with Crippen LogP contribution in [0.3, 0.4) is 0 Å². The molecular formula is C59H98O6. The molecule has 0 saturated carbocycles. The van der Waals surface area contributed by atoms with Gasteiger partial charge in [-0.2, -0.15) is 0 Å². The number of esters is 3. The minimum Gasteiger partial charge on any atom is -0.462 e. The Bertz CT molecular complexity index is 1310. The van der Waals surface area contributed by atoms with Crippen molar-refractivity contribution in [1.29, 1.82) is 0 Å². The Morgan fingerprint density at radius 2 is 0.615 bits per heavy atom. The van der Waals surface area contributed by atoms with Crippen molar-refractivity contribution in [2.24, 2.45) is 0 Å². The first-order chi connectivity index (χ1) is 32.0. The molecule has 65 heavy (non-hydrogen) atoms. The SMILES string of the molecule is CC/C=C\C/C=C\C/C=C\C/C=C\C/C=C\CCCCCC(=O)OCC(COC(=O)CCC/C=C\C/C=C\C/C=C\CC)OC(=O)CCCCCCCCCCCCCCCCCCC. The molecule has 0 bridgehead atoms. The monoisotopic (exact) mass is 903 g/mol. The highest BCUT2D eigenvalue weighted by atomic mass is 16.6. The maximum atomic E-state index is 12.8. The Balaban J connectivity index is 4.45. The lowest BCUT2D eigenvalue weighted by molar-refractivity contribution is -0.167. The molecule has 0 N–H and O–H groups in total. The third kappa shape index (κ3) is 51.2. The third-order valence-electron chi connectivity index (χ3n) is 11.1. The van der Waals surface area contributed by atoms with Gasteiger partial charge < -0.3 is 14.2 Å². The van der Waals surface area contributed by atoms with Crippen LogP contribution < -0.4 is 0 Å². The standard InChI is InChI=1S/C59H98O6/c1-4-7-10-13-16-19-22-24-26-28-29-31-32-34-37-40-43-46-49-52-58(61)64-55-56(54-63-57(60)51-48-45-42-39-36-21-18-15-12-9-6-3)65-59(62)53-50-47-44-41-38-35-33-30-27-25-23-20-17-14-11-8-5-2/h7,9-10,12,16,18-19,21,24,26,29,31,34,37,39,42,56H,4-6,8,11,13-15,17,20,22-23,25,27-28,30,32-33,35-36,38,40-41,43-55H2,1-3H3/b10-7-,12-9-,19-16-,21-18-,26-24-,31-29-,37-34-,42-39-. The molecule has 0 spiro atoms. The van der Waals surface area contributed by atoms with E-state index in [0.717, 1.165) is 103 Å². The molecule has 0 fully saturated rings. The van der Waals surface area contributed by atoms with E-state index in [1.165, 1.54) is 89.9 Å².